The lowest BCUT2D eigenvalue weighted by Gasteiger charge is -2.20. The molecule has 0 fully saturated rings. The summed E-state index contributed by atoms with van der Waals surface area (Å²) in [6, 6.07) is 0.361. The van der Waals surface area contributed by atoms with E-state index in [4.69, 9.17) is 0 Å². The zero-order valence-corrected chi connectivity index (χ0v) is 17.4. The Morgan fingerprint density at radius 3 is 2.32 bits per heavy atom. The zero-order valence-electron chi connectivity index (χ0n) is 15.1. The molecule has 5 nitrogen and oxygen atoms in total. The minimum atomic E-state index is -0.216. The molecule has 0 saturated heterocycles. The number of carbonyl (C=O) groups is 1. The first kappa shape index (κ1) is 23.7. The quantitative estimate of drug-likeness (QED) is 0.242. The predicted octanol–water partition coefficient (Wildman–Crippen LogP) is 3.04. The molecule has 0 aliphatic rings. The van der Waals surface area contributed by atoms with Crippen molar-refractivity contribution in [1.82, 2.24) is 16.0 Å². The molecule has 0 aromatic heterocycles. The van der Waals surface area contributed by atoms with Crippen molar-refractivity contribution in [1.29, 1.82) is 0 Å². The van der Waals surface area contributed by atoms with Gasteiger partial charge < -0.3 is 16.0 Å². The number of aliphatic imine (C=N–C) groups is 1. The number of unbranched alkanes of at least 4 members (excludes halogenated alkanes) is 2. The van der Waals surface area contributed by atoms with E-state index in [1.807, 2.05) is 27.7 Å². The number of hydrogen-bond donors (Lipinski definition) is 3. The Kier molecular flexibility index (Phi) is 14.0. The van der Waals surface area contributed by atoms with Crippen LogP contribution in [0.1, 0.15) is 67.2 Å². The van der Waals surface area contributed by atoms with Crippen molar-refractivity contribution in [3.05, 3.63) is 0 Å². The number of rotatable bonds is 8. The van der Waals surface area contributed by atoms with E-state index < -0.39 is 0 Å². The van der Waals surface area contributed by atoms with Crippen molar-refractivity contribution >= 4 is 35.8 Å². The minimum absolute atomic E-state index is 0. The van der Waals surface area contributed by atoms with Crippen LogP contribution < -0.4 is 16.0 Å². The lowest BCUT2D eigenvalue weighted by atomic mass is 10.1. The van der Waals surface area contributed by atoms with Gasteiger partial charge in [0.15, 0.2) is 5.96 Å². The minimum Gasteiger partial charge on any atom is -0.357 e. The second kappa shape index (κ2) is 13.0. The van der Waals surface area contributed by atoms with Crippen LogP contribution in [0.2, 0.25) is 0 Å². The normalized spacial score (nSPS) is 13.1. The Hall–Kier alpha value is -0.530. The Labute approximate surface area is 153 Å². The van der Waals surface area contributed by atoms with Gasteiger partial charge >= 0.3 is 0 Å². The van der Waals surface area contributed by atoms with Gasteiger partial charge in [-0.3, -0.25) is 4.79 Å². The summed E-state index contributed by atoms with van der Waals surface area (Å²) in [5.41, 5.74) is -0.216. The summed E-state index contributed by atoms with van der Waals surface area (Å²) in [5, 5.41) is 9.45. The lowest BCUT2D eigenvalue weighted by Crippen LogP contribution is -2.44. The van der Waals surface area contributed by atoms with Crippen molar-refractivity contribution in [2.75, 3.05) is 13.1 Å². The molecule has 0 saturated carbocycles. The van der Waals surface area contributed by atoms with Gasteiger partial charge in [-0.05, 0) is 41.0 Å². The topological polar surface area (TPSA) is 65.5 Å². The van der Waals surface area contributed by atoms with Gasteiger partial charge in [-0.2, -0.15) is 0 Å². The zero-order chi connectivity index (χ0) is 16.3. The summed E-state index contributed by atoms with van der Waals surface area (Å²) >= 11 is 0. The Bertz CT molecular complexity index is 327. The van der Waals surface area contributed by atoms with Crippen molar-refractivity contribution < 1.29 is 4.79 Å². The summed E-state index contributed by atoms with van der Waals surface area (Å²) in [5.74, 6) is 0.656. The number of amides is 1. The van der Waals surface area contributed by atoms with E-state index in [2.05, 4.69) is 34.8 Å². The van der Waals surface area contributed by atoms with Crippen molar-refractivity contribution in [3.8, 4) is 0 Å². The summed E-state index contributed by atoms with van der Waals surface area (Å²) in [4.78, 5) is 16.1. The van der Waals surface area contributed by atoms with Crippen LogP contribution in [-0.2, 0) is 4.79 Å². The third-order valence-corrected chi connectivity index (χ3v) is 2.86. The fourth-order valence-corrected chi connectivity index (χ4v) is 1.93. The van der Waals surface area contributed by atoms with E-state index in [0.717, 1.165) is 13.0 Å². The molecule has 1 amide bonds. The first-order valence-corrected chi connectivity index (χ1v) is 8.14. The third-order valence-electron chi connectivity index (χ3n) is 2.86. The molecule has 0 bridgehead atoms. The average Bonchev–Trinajstić information content (AvgIpc) is 2.34. The van der Waals surface area contributed by atoms with Crippen LogP contribution in [0.5, 0.6) is 0 Å². The van der Waals surface area contributed by atoms with Crippen molar-refractivity contribution in [2.45, 2.75) is 78.8 Å². The van der Waals surface area contributed by atoms with E-state index in [-0.39, 0.29) is 42.0 Å². The van der Waals surface area contributed by atoms with Gasteiger partial charge in [0.05, 0.1) is 0 Å². The Balaban J connectivity index is 0. The van der Waals surface area contributed by atoms with Crippen molar-refractivity contribution in [3.63, 3.8) is 0 Å². The largest absolute Gasteiger partial charge is 0.357 e. The molecule has 0 aliphatic heterocycles. The average molecular weight is 426 g/mol. The molecule has 0 radical (unpaired) electrons. The number of nitrogens with zero attached hydrogens (tertiary/aromatic N) is 1. The first-order chi connectivity index (χ1) is 9.78. The molecule has 1 unspecified atom stereocenters. The maximum absolute atomic E-state index is 11.8. The number of nitrogens with one attached hydrogen (secondary N) is 3. The van der Waals surface area contributed by atoms with E-state index >= 15 is 0 Å². The highest BCUT2D eigenvalue weighted by Crippen LogP contribution is 2.02. The highest BCUT2D eigenvalue weighted by Gasteiger charge is 2.13. The van der Waals surface area contributed by atoms with E-state index in [0.29, 0.717) is 12.0 Å². The van der Waals surface area contributed by atoms with Crippen LogP contribution in [0.4, 0.5) is 0 Å². The molecule has 0 aromatic carbocycles. The second-order valence-corrected chi connectivity index (χ2v) is 6.53. The van der Waals surface area contributed by atoms with E-state index in [9.17, 15) is 4.79 Å². The van der Waals surface area contributed by atoms with Gasteiger partial charge in [-0.15, -0.1) is 24.0 Å². The molecule has 132 valence electrons. The molecule has 1 atom stereocenters. The van der Waals surface area contributed by atoms with Gasteiger partial charge in [0.25, 0.3) is 0 Å². The van der Waals surface area contributed by atoms with Crippen LogP contribution >= 0.6 is 24.0 Å². The SMILES string of the molecule is CCCCCC(C)NC(=NCC(=O)NC(C)(C)C)NCC.I. The standard InChI is InChI=1S/C16H34N4O.HI/c1-7-9-10-11-13(3)19-15(17-8-2)18-12-14(21)20-16(4,5)6;/h13H,7-12H2,1-6H3,(H,20,21)(H2,17,18,19);1H. The van der Waals surface area contributed by atoms with Gasteiger partial charge in [0.1, 0.15) is 6.54 Å². The molecule has 0 spiro atoms. The van der Waals surface area contributed by atoms with Crippen LogP contribution in [0.25, 0.3) is 0 Å². The monoisotopic (exact) mass is 426 g/mol. The second-order valence-electron chi connectivity index (χ2n) is 6.53. The Morgan fingerprint density at radius 1 is 1.18 bits per heavy atom. The number of guanidine groups is 1. The maximum atomic E-state index is 11.8. The summed E-state index contributed by atoms with van der Waals surface area (Å²) in [6.07, 6.45) is 4.82. The fourth-order valence-electron chi connectivity index (χ4n) is 1.93. The molecular formula is C16H35IN4O. The molecule has 3 N–H and O–H groups in total. The molecular weight excluding hydrogens is 391 g/mol. The Morgan fingerprint density at radius 2 is 1.82 bits per heavy atom. The molecule has 6 heteroatoms. The molecule has 0 aliphatic carbocycles. The smallest absolute Gasteiger partial charge is 0.242 e. The number of halogens is 1. The fraction of sp³-hybridized carbons (Fsp3) is 0.875. The van der Waals surface area contributed by atoms with Gasteiger partial charge in [0.2, 0.25) is 5.91 Å². The molecule has 0 aromatic rings. The van der Waals surface area contributed by atoms with Crippen LogP contribution in [-0.4, -0.2) is 36.5 Å². The highest BCUT2D eigenvalue weighted by atomic mass is 127. The van der Waals surface area contributed by atoms with Crippen molar-refractivity contribution in [2.24, 2.45) is 4.99 Å². The van der Waals surface area contributed by atoms with Crippen LogP contribution in [0.3, 0.4) is 0 Å². The summed E-state index contributed by atoms with van der Waals surface area (Å²) < 4.78 is 0. The van der Waals surface area contributed by atoms with Crippen LogP contribution in [0, 0.1) is 0 Å². The summed E-state index contributed by atoms with van der Waals surface area (Å²) in [6.45, 7) is 13.2. The predicted molar refractivity (Wildman–Crippen MR) is 106 cm³/mol. The lowest BCUT2D eigenvalue weighted by molar-refractivity contribution is -0.121. The van der Waals surface area contributed by atoms with E-state index in [1.165, 1.54) is 19.3 Å². The van der Waals surface area contributed by atoms with Gasteiger partial charge in [0, 0.05) is 18.1 Å². The van der Waals surface area contributed by atoms with E-state index in [1.54, 1.807) is 0 Å². The van der Waals surface area contributed by atoms with Gasteiger partial charge in [-0.1, -0.05) is 26.2 Å². The number of hydrogen-bond acceptors (Lipinski definition) is 2. The summed E-state index contributed by atoms with van der Waals surface area (Å²) in [7, 11) is 0. The number of carbonyl (C=O) groups excluding carboxylic acids is 1. The first-order valence-electron chi connectivity index (χ1n) is 8.14. The van der Waals surface area contributed by atoms with Gasteiger partial charge in [-0.25, -0.2) is 4.99 Å². The maximum Gasteiger partial charge on any atom is 0.242 e. The molecule has 22 heavy (non-hydrogen) atoms. The highest BCUT2D eigenvalue weighted by molar-refractivity contribution is 14.0. The van der Waals surface area contributed by atoms with Crippen LogP contribution in [0.15, 0.2) is 4.99 Å². The molecule has 0 rings (SSSR count). The third kappa shape index (κ3) is 14.4. The molecule has 0 heterocycles.